The SMILES string of the molecule is C1CCC(OCCN2CCCNCCC2)C1. The molecule has 0 bridgehead atoms. The zero-order chi connectivity index (χ0) is 11.1. The van der Waals surface area contributed by atoms with Gasteiger partial charge in [-0.05, 0) is 51.9 Å². The zero-order valence-electron chi connectivity index (χ0n) is 10.4. The molecule has 0 unspecified atom stereocenters. The minimum atomic E-state index is 0.580. The van der Waals surface area contributed by atoms with Crippen LogP contribution in [0.25, 0.3) is 0 Å². The lowest BCUT2D eigenvalue weighted by Gasteiger charge is -2.25. The van der Waals surface area contributed by atoms with Gasteiger partial charge in [0, 0.05) is 6.54 Å². The molecule has 0 atom stereocenters. The predicted molar refractivity (Wildman–Crippen MR) is 66.8 cm³/mol. The van der Waals surface area contributed by atoms with Crippen molar-refractivity contribution in [3.63, 3.8) is 0 Å². The third-order valence-corrected chi connectivity index (χ3v) is 3.72. The summed E-state index contributed by atoms with van der Waals surface area (Å²) in [5.74, 6) is 0. The largest absolute Gasteiger partial charge is 0.377 e. The highest BCUT2D eigenvalue weighted by Gasteiger charge is 2.15. The first kappa shape index (κ1) is 12.3. The Morgan fingerprint density at radius 2 is 1.69 bits per heavy atom. The maximum Gasteiger partial charge on any atom is 0.0597 e. The van der Waals surface area contributed by atoms with Gasteiger partial charge < -0.3 is 15.0 Å². The maximum atomic E-state index is 5.92. The number of hydrogen-bond donors (Lipinski definition) is 1. The summed E-state index contributed by atoms with van der Waals surface area (Å²) in [6.07, 6.45) is 8.48. The molecule has 1 saturated heterocycles. The first-order valence-electron chi connectivity index (χ1n) is 7.00. The second-order valence-corrected chi connectivity index (χ2v) is 5.08. The highest BCUT2D eigenvalue weighted by Crippen LogP contribution is 2.20. The van der Waals surface area contributed by atoms with Crippen molar-refractivity contribution in [2.24, 2.45) is 0 Å². The highest BCUT2D eigenvalue weighted by atomic mass is 16.5. The molecule has 2 fully saturated rings. The molecule has 0 aromatic heterocycles. The third kappa shape index (κ3) is 4.40. The fourth-order valence-corrected chi connectivity index (χ4v) is 2.72. The van der Waals surface area contributed by atoms with E-state index in [0.29, 0.717) is 6.10 Å². The Hall–Kier alpha value is -0.120. The van der Waals surface area contributed by atoms with Crippen molar-refractivity contribution < 1.29 is 4.74 Å². The van der Waals surface area contributed by atoms with Crippen molar-refractivity contribution >= 4 is 0 Å². The normalized spacial score (nSPS) is 25.5. The molecule has 2 rings (SSSR count). The van der Waals surface area contributed by atoms with Crippen LogP contribution in [0.2, 0.25) is 0 Å². The standard InChI is InChI=1S/C13H26N2O/c1-2-6-13(5-1)16-12-11-15-9-3-7-14-8-4-10-15/h13-14H,1-12H2. The van der Waals surface area contributed by atoms with Gasteiger partial charge in [-0.1, -0.05) is 12.8 Å². The summed E-state index contributed by atoms with van der Waals surface area (Å²) in [6.45, 7) is 6.91. The second-order valence-electron chi connectivity index (χ2n) is 5.08. The molecular weight excluding hydrogens is 200 g/mol. The summed E-state index contributed by atoms with van der Waals surface area (Å²) in [4.78, 5) is 2.57. The fourth-order valence-electron chi connectivity index (χ4n) is 2.72. The first-order valence-corrected chi connectivity index (χ1v) is 7.00. The van der Waals surface area contributed by atoms with Gasteiger partial charge >= 0.3 is 0 Å². The van der Waals surface area contributed by atoms with Crippen LogP contribution in [0.3, 0.4) is 0 Å². The molecule has 0 spiro atoms. The van der Waals surface area contributed by atoms with Crippen molar-refractivity contribution in [3.8, 4) is 0 Å². The van der Waals surface area contributed by atoms with Gasteiger partial charge in [-0.2, -0.15) is 0 Å². The van der Waals surface area contributed by atoms with E-state index in [2.05, 4.69) is 10.2 Å². The van der Waals surface area contributed by atoms with E-state index in [0.717, 1.165) is 13.2 Å². The lowest BCUT2D eigenvalue weighted by atomic mass is 10.2. The van der Waals surface area contributed by atoms with Gasteiger partial charge in [-0.15, -0.1) is 0 Å². The lowest BCUT2D eigenvalue weighted by Crippen LogP contribution is -2.36. The van der Waals surface area contributed by atoms with E-state index in [9.17, 15) is 0 Å². The molecular formula is C13H26N2O. The Morgan fingerprint density at radius 3 is 2.38 bits per heavy atom. The molecule has 16 heavy (non-hydrogen) atoms. The molecule has 0 radical (unpaired) electrons. The summed E-state index contributed by atoms with van der Waals surface area (Å²) < 4.78 is 5.92. The lowest BCUT2D eigenvalue weighted by molar-refractivity contribution is 0.0408. The van der Waals surface area contributed by atoms with Crippen LogP contribution < -0.4 is 5.32 Å². The highest BCUT2D eigenvalue weighted by molar-refractivity contribution is 4.68. The summed E-state index contributed by atoms with van der Waals surface area (Å²) in [6, 6.07) is 0. The third-order valence-electron chi connectivity index (χ3n) is 3.72. The smallest absolute Gasteiger partial charge is 0.0597 e. The Labute approximate surface area is 99.5 Å². The molecule has 1 aliphatic carbocycles. The van der Waals surface area contributed by atoms with Gasteiger partial charge in [-0.25, -0.2) is 0 Å². The molecule has 1 heterocycles. The topological polar surface area (TPSA) is 24.5 Å². The number of nitrogens with one attached hydrogen (secondary N) is 1. The molecule has 2 aliphatic rings. The van der Waals surface area contributed by atoms with Crippen LogP contribution in [0.5, 0.6) is 0 Å². The maximum absolute atomic E-state index is 5.92. The van der Waals surface area contributed by atoms with Crippen molar-refractivity contribution in [3.05, 3.63) is 0 Å². The van der Waals surface area contributed by atoms with E-state index in [-0.39, 0.29) is 0 Å². The Balaban J connectivity index is 1.56. The Kier molecular flexibility index (Phi) is 5.59. The fraction of sp³-hybridized carbons (Fsp3) is 1.00. The predicted octanol–water partition coefficient (Wildman–Crippen LogP) is 1.63. The van der Waals surface area contributed by atoms with Crippen molar-refractivity contribution in [2.75, 3.05) is 39.3 Å². The van der Waals surface area contributed by atoms with Gasteiger partial charge in [-0.3, -0.25) is 0 Å². The zero-order valence-corrected chi connectivity index (χ0v) is 10.4. The van der Waals surface area contributed by atoms with Gasteiger partial charge in [0.1, 0.15) is 0 Å². The van der Waals surface area contributed by atoms with Gasteiger partial charge in [0.05, 0.1) is 12.7 Å². The molecule has 0 amide bonds. The van der Waals surface area contributed by atoms with E-state index in [1.165, 1.54) is 64.7 Å². The Morgan fingerprint density at radius 1 is 1.00 bits per heavy atom. The van der Waals surface area contributed by atoms with Crippen molar-refractivity contribution in [1.29, 1.82) is 0 Å². The molecule has 0 aromatic carbocycles. The first-order chi connectivity index (χ1) is 7.95. The Bertz CT molecular complexity index is 173. The molecule has 1 aliphatic heterocycles. The van der Waals surface area contributed by atoms with E-state index in [1.54, 1.807) is 0 Å². The minimum Gasteiger partial charge on any atom is -0.377 e. The molecule has 3 nitrogen and oxygen atoms in total. The molecule has 1 saturated carbocycles. The van der Waals surface area contributed by atoms with E-state index >= 15 is 0 Å². The summed E-state index contributed by atoms with van der Waals surface area (Å²) in [5.41, 5.74) is 0. The quantitative estimate of drug-likeness (QED) is 0.788. The van der Waals surface area contributed by atoms with Gasteiger partial charge in [0.2, 0.25) is 0 Å². The number of rotatable bonds is 4. The number of nitrogens with zero attached hydrogens (tertiary/aromatic N) is 1. The molecule has 3 heteroatoms. The van der Waals surface area contributed by atoms with Crippen molar-refractivity contribution in [2.45, 2.75) is 44.6 Å². The van der Waals surface area contributed by atoms with Crippen LogP contribution in [0, 0.1) is 0 Å². The second kappa shape index (κ2) is 7.25. The molecule has 1 N–H and O–H groups in total. The average Bonchev–Trinajstić information content (AvgIpc) is 2.73. The summed E-state index contributed by atoms with van der Waals surface area (Å²) in [7, 11) is 0. The summed E-state index contributed by atoms with van der Waals surface area (Å²) >= 11 is 0. The van der Waals surface area contributed by atoms with Crippen LogP contribution in [0.1, 0.15) is 38.5 Å². The van der Waals surface area contributed by atoms with Crippen LogP contribution in [-0.4, -0.2) is 50.3 Å². The van der Waals surface area contributed by atoms with Crippen LogP contribution in [0.15, 0.2) is 0 Å². The average molecular weight is 226 g/mol. The number of hydrogen-bond acceptors (Lipinski definition) is 3. The van der Waals surface area contributed by atoms with Crippen molar-refractivity contribution in [1.82, 2.24) is 10.2 Å². The van der Waals surface area contributed by atoms with E-state index in [1.807, 2.05) is 0 Å². The van der Waals surface area contributed by atoms with Crippen LogP contribution in [-0.2, 0) is 4.74 Å². The minimum absolute atomic E-state index is 0.580. The van der Waals surface area contributed by atoms with Gasteiger partial charge in [0.25, 0.3) is 0 Å². The molecule has 0 aromatic rings. The van der Waals surface area contributed by atoms with Crippen LogP contribution >= 0.6 is 0 Å². The summed E-state index contributed by atoms with van der Waals surface area (Å²) in [5, 5.41) is 3.45. The monoisotopic (exact) mass is 226 g/mol. The van der Waals surface area contributed by atoms with Crippen LogP contribution in [0.4, 0.5) is 0 Å². The number of ether oxygens (including phenoxy) is 1. The van der Waals surface area contributed by atoms with Gasteiger partial charge in [0.15, 0.2) is 0 Å². The van der Waals surface area contributed by atoms with E-state index in [4.69, 9.17) is 4.74 Å². The molecule has 94 valence electrons. The van der Waals surface area contributed by atoms with E-state index < -0.39 is 0 Å².